The first kappa shape index (κ1) is 21.0. The van der Waals surface area contributed by atoms with Crippen LogP contribution in [0.5, 0.6) is 0 Å². The fourth-order valence-electron chi connectivity index (χ4n) is 2.19. The second kappa shape index (κ2) is 9.55. The van der Waals surface area contributed by atoms with Crippen molar-refractivity contribution in [3.63, 3.8) is 0 Å². The van der Waals surface area contributed by atoms with Crippen LogP contribution in [0.3, 0.4) is 0 Å². The highest BCUT2D eigenvalue weighted by Gasteiger charge is 2.30. The Labute approximate surface area is 159 Å². The van der Waals surface area contributed by atoms with Crippen molar-refractivity contribution in [3.05, 3.63) is 29.8 Å². The van der Waals surface area contributed by atoms with Gasteiger partial charge in [0.2, 0.25) is 0 Å². The van der Waals surface area contributed by atoms with Gasteiger partial charge in [0.25, 0.3) is 10.1 Å². The fraction of sp³-hybridized carbons (Fsp3) is 0.412. The van der Waals surface area contributed by atoms with Crippen LogP contribution in [0.1, 0.15) is 12.0 Å². The predicted octanol–water partition coefficient (Wildman–Crippen LogP) is 0.614. The maximum absolute atomic E-state index is 12.0. The first-order valence-electron chi connectivity index (χ1n) is 8.25. The minimum Gasteiger partial charge on any atom is -0.498 e. The summed E-state index contributed by atoms with van der Waals surface area (Å²) in [7, 11) is -3.29. The van der Waals surface area contributed by atoms with Crippen LogP contribution in [-0.2, 0) is 33.2 Å². The maximum Gasteiger partial charge on any atom is 0.611 e. The molecular formula is C17H20BNO7S. The monoisotopic (exact) mass is 393 g/mol. The molecule has 1 fully saturated rings. The average Bonchev–Trinajstić information content (AvgIpc) is 2.56. The van der Waals surface area contributed by atoms with E-state index in [1.165, 1.54) is 17.0 Å². The fourth-order valence-corrected chi connectivity index (χ4v) is 3.10. The Hall–Kier alpha value is -2.35. The van der Waals surface area contributed by atoms with Gasteiger partial charge in [-0.1, -0.05) is 17.7 Å². The van der Waals surface area contributed by atoms with E-state index < -0.39 is 29.2 Å². The molecule has 1 aliphatic heterocycles. The average molecular weight is 393 g/mol. The number of nitrogens with zero attached hydrogens (tertiary/aromatic N) is 1. The predicted molar refractivity (Wildman–Crippen MR) is 97.0 cm³/mol. The van der Waals surface area contributed by atoms with Crippen molar-refractivity contribution < 1.29 is 31.5 Å². The summed E-state index contributed by atoms with van der Waals surface area (Å²) in [6, 6.07) is 6.33. The van der Waals surface area contributed by atoms with Crippen molar-refractivity contribution >= 4 is 29.2 Å². The molecule has 1 aromatic carbocycles. The molecule has 10 heteroatoms. The second-order valence-corrected chi connectivity index (χ2v) is 7.59. The lowest BCUT2D eigenvalue weighted by molar-refractivity contribution is -0.145. The third-order valence-corrected chi connectivity index (χ3v) is 4.82. The van der Waals surface area contributed by atoms with E-state index >= 15 is 0 Å². The molecule has 0 spiro atoms. The summed E-state index contributed by atoms with van der Waals surface area (Å²) < 4.78 is 38.9. The molecule has 0 amide bonds. The molecule has 1 saturated heterocycles. The highest BCUT2D eigenvalue weighted by atomic mass is 32.2. The van der Waals surface area contributed by atoms with E-state index in [-0.39, 0.29) is 37.3 Å². The first-order valence-corrected chi connectivity index (χ1v) is 9.66. The molecule has 144 valence electrons. The summed E-state index contributed by atoms with van der Waals surface area (Å²) in [5, 5.41) is 0. The van der Waals surface area contributed by atoms with Crippen molar-refractivity contribution in [1.82, 2.24) is 4.90 Å². The smallest absolute Gasteiger partial charge is 0.498 e. The number of likely N-dealkylation sites (N-methyl/N-ethyl adjacent to an activating group) is 1. The molecule has 0 radical (unpaired) electrons. The van der Waals surface area contributed by atoms with Crippen molar-refractivity contribution in [2.45, 2.75) is 24.6 Å². The van der Waals surface area contributed by atoms with Gasteiger partial charge >= 0.3 is 19.1 Å². The van der Waals surface area contributed by atoms with E-state index in [4.69, 9.17) is 13.5 Å². The number of benzene rings is 1. The van der Waals surface area contributed by atoms with E-state index in [1.807, 2.05) is 6.92 Å². The van der Waals surface area contributed by atoms with Crippen LogP contribution in [0.15, 0.2) is 29.2 Å². The second-order valence-electron chi connectivity index (χ2n) is 5.98. The molecule has 8 nitrogen and oxygen atoms in total. The summed E-state index contributed by atoms with van der Waals surface area (Å²) in [5.41, 5.74) is 0.946. The Kier molecular flexibility index (Phi) is 7.41. The third-order valence-electron chi connectivity index (χ3n) is 3.49. The van der Waals surface area contributed by atoms with Gasteiger partial charge in [0.15, 0.2) is 0 Å². The zero-order valence-corrected chi connectivity index (χ0v) is 16.0. The zero-order valence-electron chi connectivity index (χ0n) is 15.1. The molecule has 1 aliphatic rings. The highest BCUT2D eigenvalue weighted by Crippen LogP contribution is 2.13. The Morgan fingerprint density at radius 2 is 1.70 bits per heavy atom. The summed E-state index contributed by atoms with van der Waals surface area (Å²) in [5.74, 6) is 4.38. The van der Waals surface area contributed by atoms with Crippen molar-refractivity contribution in [2.24, 2.45) is 0 Å². The van der Waals surface area contributed by atoms with Gasteiger partial charge in [-0.15, -0.1) is 11.8 Å². The van der Waals surface area contributed by atoms with E-state index in [1.54, 1.807) is 19.2 Å². The molecule has 0 atom stereocenters. The van der Waals surface area contributed by atoms with Gasteiger partial charge < -0.3 is 9.31 Å². The normalized spacial score (nSPS) is 15.9. The van der Waals surface area contributed by atoms with Crippen molar-refractivity contribution in [2.75, 3.05) is 26.7 Å². The molecule has 0 N–H and O–H groups in total. The molecule has 0 saturated carbocycles. The number of hydrogen-bond acceptors (Lipinski definition) is 8. The highest BCUT2D eigenvalue weighted by molar-refractivity contribution is 7.86. The minimum atomic E-state index is -3.82. The lowest BCUT2D eigenvalue weighted by Gasteiger charge is -2.21. The van der Waals surface area contributed by atoms with Gasteiger partial charge in [-0.2, -0.15) is 8.42 Å². The molecule has 1 aromatic rings. The van der Waals surface area contributed by atoms with Gasteiger partial charge in [0, 0.05) is 6.42 Å². The standard InChI is InChI=1S/C17H20BNO7S/c1-14-6-8-15(9-7-14)27(22,23)24-11-5-3-4-10-18-25-16(20)12-19(2)13-17(21)26-18/h6-9H,5,10-13H2,1-2H3. The van der Waals surface area contributed by atoms with Crippen molar-refractivity contribution in [1.29, 1.82) is 0 Å². The SMILES string of the molecule is Cc1ccc(S(=O)(=O)OCCC#CCB2OC(=O)CN(C)CC(=O)O2)cc1. The summed E-state index contributed by atoms with van der Waals surface area (Å²) in [4.78, 5) is 24.7. The molecule has 0 unspecified atom stereocenters. The van der Waals surface area contributed by atoms with Crippen LogP contribution in [0.25, 0.3) is 0 Å². The van der Waals surface area contributed by atoms with Gasteiger partial charge in [-0.05, 0) is 26.1 Å². The van der Waals surface area contributed by atoms with E-state index in [0.717, 1.165) is 5.56 Å². The Morgan fingerprint density at radius 1 is 1.11 bits per heavy atom. The topological polar surface area (TPSA) is 99.2 Å². The Balaban J connectivity index is 1.79. The number of carbonyl (C=O) groups is 2. The molecule has 27 heavy (non-hydrogen) atoms. The van der Waals surface area contributed by atoms with Crippen LogP contribution in [-0.4, -0.2) is 59.1 Å². The lowest BCUT2D eigenvalue weighted by atomic mass is 9.84. The summed E-state index contributed by atoms with van der Waals surface area (Å²) in [6.07, 6.45) is 0.161. The van der Waals surface area contributed by atoms with E-state index in [9.17, 15) is 18.0 Å². The van der Waals surface area contributed by atoms with Crippen LogP contribution in [0.2, 0.25) is 6.32 Å². The summed E-state index contributed by atoms with van der Waals surface area (Å²) in [6.45, 7) is 1.72. The number of aryl methyl sites for hydroxylation is 1. The Morgan fingerprint density at radius 3 is 2.30 bits per heavy atom. The molecule has 0 aliphatic carbocycles. The lowest BCUT2D eigenvalue weighted by Crippen LogP contribution is -2.42. The van der Waals surface area contributed by atoms with Gasteiger partial charge in [-0.3, -0.25) is 18.7 Å². The van der Waals surface area contributed by atoms with E-state index in [2.05, 4.69) is 11.8 Å². The molecule has 2 rings (SSSR count). The molecule has 0 bridgehead atoms. The number of rotatable bonds is 5. The van der Waals surface area contributed by atoms with Crippen LogP contribution in [0, 0.1) is 18.8 Å². The Bertz CT molecular complexity index is 822. The van der Waals surface area contributed by atoms with Gasteiger partial charge in [0.05, 0.1) is 30.9 Å². The summed E-state index contributed by atoms with van der Waals surface area (Å²) >= 11 is 0. The van der Waals surface area contributed by atoms with Crippen LogP contribution >= 0.6 is 0 Å². The number of hydrogen-bond donors (Lipinski definition) is 0. The molecule has 1 heterocycles. The maximum atomic E-state index is 12.0. The molecular weight excluding hydrogens is 373 g/mol. The first-order chi connectivity index (χ1) is 12.8. The number of carbonyl (C=O) groups excluding carboxylic acids is 2. The third kappa shape index (κ3) is 7.05. The van der Waals surface area contributed by atoms with E-state index in [0.29, 0.717) is 0 Å². The van der Waals surface area contributed by atoms with Gasteiger partial charge in [-0.25, -0.2) is 0 Å². The van der Waals surface area contributed by atoms with Crippen LogP contribution in [0.4, 0.5) is 0 Å². The van der Waals surface area contributed by atoms with Crippen LogP contribution < -0.4 is 0 Å². The van der Waals surface area contributed by atoms with Crippen molar-refractivity contribution in [3.8, 4) is 11.8 Å². The van der Waals surface area contributed by atoms with Gasteiger partial charge in [0.1, 0.15) is 0 Å². The zero-order chi connectivity index (χ0) is 19.9. The molecule has 0 aromatic heterocycles. The quantitative estimate of drug-likeness (QED) is 0.311. The largest absolute Gasteiger partial charge is 0.611 e. The minimum absolute atomic E-state index is 0.00586.